The number of hydrogen-bond acceptors (Lipinski definition) is 4. The average Bonchev–Trinajstić information content (AvgIpc) is 2.41. The molecule has 2 rings (SSSR count). The van der Waals surface area contributed by atoms with E-state index >= 15 is 0 Å². The van der Waals surface area contributed by atoms with Gasteiger partial charge in [-0.1, -0.05) is 20.8 Å². The minimum absolute atomic E-state index is 0.121. The highest BCUT2D eigenvalue weighted by atomic mass is 16.5. The van der Waals surface area contributed by atoms with Crippen LogP contribution >= 0.6 is 0 Å². The zero-order chi connectivity index (χ0) is 14.6. The highest BCUT2D eigenvalue weighted by Crippen LogP contribution is 2.23. The molecule has 1 N–H and O–H groups in total. The van der Waals surface area contributed by atoms with Crippen molar-refractivity contribution < 1.29 is 9.53 Å². The van der Waals surface area contributed by atoms with Crippen LogP contribution < -0.4 is 10.1 Å². The normalized spacial score (nSPS) is 23.1. The maximum absolute atomic E-state index is 11.9. The summed E-state index contributed by atoms with van der Waals surface area (Å²) in [4.78, 5) is 20.0. The molecule has 20 heavy (non-hydrogen) atoms. The Morgan fingerprint density at radius 1 is 1.25 bits per heavy atom. The molecule has 1 aromatic heterocycles. The third kappa shape index (κ3) is 4.18. The number of rotatable bonds is 3. The number of nitrogens with zero attached hydrogens (tertiary/aromatic N) is 2. The number of aromatic nitrogens is 2. The lowest BCUT2D eigenvalue weighted by atomic mass is 9.90. The van der Waals surface area contributed by atoms with Gasteiger partial charge < -0.3 is 10.1 Å². The molecule has 1 fully saturated rings. The summed E-state index contributed by atoms with van der Waals surface area (Å²) in [6, 6.07) is 0.267. The van der Waals surface area contributed by atoms with Crippen molar-refractivity contribution in [3.8, 4) is 5.88 Å². The number of carbonyl (C=O) groups excluding carboxylic acids is 1. The number of carbonyl (C=O) groups is 1. The van der Waals surface area contributed by atoms with Gasteiger partial charge in [0.15, 0.2) is 0 Å². The Bertz CT molecular complexity index is 434. The van der Waals surface area contributed by atoms with Crippen molar-refractivity contribution >= 4 is 5.91 Å². The van der Waals surface area contributed by atoms with E-state index < -0.39 is 0 Å². The summed E-state index contributed by atoms with van der Waals surface area (Å²) < 4.78 is 5.79. The Labute approximate surface area is 120 Å². The topological polar surface area (TPSA) is 64.1 Å². The largest absolute Gasteiger partial charge is 0.473 e. The SMILES string of the molecule is CC(C)(C)C(=O)NC1CCC(Oc2cnccn2)CC1. The number of ether oxygens (including phenoxy) is 1. The van der Waals surface area contributed by atoms with Gasteiger partial charge in [-0.15, -0.1) is 0 Å². The molecule has 1 heterocycles. The standard InChI is InChI=1S/C15H23N3O2/c1-15(2,3)14(19)18-11-4-6-12(7-5-11)20-13-10-16-8-9-17-13/h8-12H,4-7H2,1-3H3,(H,18,19). The molecule has 1 amide bonds. The van der Waals surface area contributed by atoms with E-state index in [0.29, 0.717) is 5.88 Å². The van der Waals surface area contributed by atoms with Gasteiger partial charge >= 0.3 is 0 Å². The van der Waals surface area contributed by atoms with E-state index in [1.165, 1.54) is 0 Å². The molecule has 0 unspecified atom stereocenters. The minimum Gasteiger partial charge on any atom is -0.473 e. The van der Waals surface area contributed by atoms with Crippen molar-refractivity contribution in [1.82, 2.24) is 15.3 Å². The van der Waals surface area contributed by atoms with Gasteiger partial charge in [0.1, 0.15) is 6.10 Å². The van der Waals surface area contributed by atoms with Crippen molar-refractivity contribution in [3.63, 3.8) is 0 Å². The Hall–Kier alpha value is -1.65. The zero-order valence-corrected chi connectivity index (χ0v) is 12.4. The maximum Gasteiger partial charge on any atom is 0.232 e. The molecule has 1 aromatic rings. The van der Waals surface area contributed by atoms with Crippen LogP contribution in [-0.2, 0) is 4.79 Å². The molecular formula is C15H23N3O2. The van der Waals surface area contributed by atoms with E-state index in [4.69, 9.17) is 4.74 Å². The third-order valence-corrected chi connectivity index (χ3v) is 3.52. The summed E-state index contributed by atoms with van der Waals surface area (Å²) in [6.07, 6.45) is 8.84. The first kappa shape index (κ1) is 14.8. The molecule has 0 bridgehead atoms. The molecule has 0 radical (unpaired) electrons. The van der Waals surface area contributed by atoms with Gasteiger partial charge in [-0.25, -0.2) is 4.98 Å². The van der Waals surface area contributed by atoms with Crippen LogP contribution in [0.2, 0.25) is 0 Å². The molecule has 5 heteroatoms. The number of nitrogens with one attached hydrogen (secondary N) is 1. The van der Waals surface area contributed by atoms with E-state index in [2.05, 4.69) is 15.3 Å². The van der Waals surface area contributed by atoms with Crippen molar-refractivity contribution in [2.24, 2.45) is 5.41 Å². The Balaban J connectivity index is 1.77. The smallest absolute Gasteiger partial charge is 0.232 e. The van der Waals surface area contributed by atoms with Crippen LogP contribution in [0.25, 0.3) is 0 Å². The fourth-order valence-electron chi connectivity index (χ4n) is 2.24. The Morgan fingerprint density at radius 2 is 1.95 bits per heavy atom. The second-order valence-corrected chi connectivity index (χ2v) is 6.36. The first-order valence-electron chi connectivity index (χ1n) is 7.19. The van der Waals surface area contributed by atoms with Gasteiger partial charge in [-0.05, 0) is 25.7 Å². The van der Waals surface area contributed by atoms with Crippen molar-refractivity contribution in [1.29, 1.82) is 0 Å². The summed E-state index contributed by atoms with van der Waals surface area (Å²) in [5, 5.41) is 3.12. The first-order valence-corrected chi connectivity index (χ1v) is 7.19. The van der Waals surface area contributed by atoms with Gasteiger partial charge in [-0.3, -0.25) is 9.78 Å². The molecule has 1 saturated carbocycles. The summed E-state index contributed by atoms with van der Waals surface area (Å²) in [7, 11) is 0. The second-order valence-electron chi connectivity index (χ2n) is 6.36. The van der Waals surface area contributed by atoms with Crippen LogP contribution in [0.3, 0.4) is 0 Å². The molecule has 1 aliphatic rings. The summed E-state index contributed by atoms with van der Waals surface area (Å²) in [5.74, 6) is 0.700. The predicted octanol–water partition coefficient (Wildman–Crippen LogP) is 2.33. The van der Waals surface area contributed by atoms with Crippen molar-refractivity contribution in [2.75, 3.05) is 0 Å². The lowest BCUT2D eigenvalue weighted by Gasteiger charge is -2.31. The van der Waals surface area contributed by atoms with Crippen LogP contribution in [0.15, 0.2) is 18.6 Å². The van der Waals surface area contributed by atoms with E-state index in [1.807, 2.05) is 20.8 Å². The molecule has 0 saturated heterocycles. The van der Waals surface area contributed by atoms with Crippen LogP contribution in [0, 0.1) is 5.41 Å². The fourth-order valence-corrected chi connectivity index (χ4v) is 2.24. The molecule has 0 spiro atoms. The maximum atomic E-state index is 11.9. The minimum atomic E-state index is -0.326. The third-order valence-electron chi connectivity index (χ3n) is 3.52. The van der Waals surface area contributed by atoms with Crippen LogP contribution in [0.4, 0.5) is 0 Å². The predicted molar refractivity (Wildman–Crippen MR) is 76.3 cm³/mol. The molecule has 1 aliphatic carbocycles. The second kappa shape index (κ2) is 6.20. The quantitative estimate of drug-likeness (QED) is 0.921. The van der Waals surface area contributed by atoms with E-state index in [-0.39, 0.29) is 23.5 Å². The monoisotopic (exact) mass is 277 g/mol. The number of amides is 1. The van der Waals surface area contributed by atoms with Gasteiger partial charge in [-0.2, -0.15) is 0 Å². The number of hydrogen-bond donors (Lipinski definition) is 1. The van der Waals surface area contributed by atoms with Gasteiger partial charge in [0.2, 0.25) is 11.8 Å². The fraction of sp³-hybridized carbons (Fsp3) is 0.667. The Morgan fingerprint density at radius 3 is 2.50 bits per heavy atom. The molecule has 0 atom stereocenters. The molecule has 0 aliphatic heterocycles. The molecule has 0 aromatic carbocycles. The first-order chi connectivity index (χ1) is 9.45. The lowest BCUT2D eigenvalue weighted by Crippen LogP contribution is -2.44. The summed E-state index contributed by atoms with van der Waals surface area (Å²) in [5.41, 5.74) is -0.326. The van der Waals surface area contributed by atoms with Gasteiger partial charge in [0.05, 0.1) is 6.20 Å². The molecule has 110 valence electrons. The Kier molecular flexibility index (Phi) is 4.57. The zero-order valence-electron chi connectivity index (χ0n) is 12.4. The van der Waals surface area contributed by atoms with Crippen LogP contribution in [0.5, 0.6) is 5.88 Å². The van der Waals surface area contributed by atoms with Crippen molar-refractivity contribution in [3.05, 3.63) is 18.6 Å². The van der Waals surface area contributed by atoms with E-state index in [0.717, 1.165) is 25.7 Å². The summed E-state index contributed by atoms with van der Waals surface area (Å²) in [6.45, 7) is 5.81. The van der Waals surface area contributed by atoms with E-state index in [9.17, 15) is 4.79 Å². The van der Waals surface area contributed by atoms with Gasteiger partial charge in [0.25, 0.3) is 0 Å². The lowest BCUT2D eigenvalue weighted by molar-refractivity contribution is -0.129. The average molecular weight is 277 g/mol. The van der Waals surface area contributed by atoms with Crippen LogP contribution in [-0.4, -0.2) is 28.0 Å². The molecular weight excluding hydrogens is 254 g/mol. The van der Waals surface area contributed by atoms with Crippen LogP contribution in [0.1, 0.15) is 46.5 Å². The van der Waals surface area contributed by atoms with E-state index in [1.54, 1.807) is 18.6 Å². The highest BCUT2D eigenvalue weighted by molar-refractivity contribution is 5.81. The van der Waals surface area contributed by atoms with Crippen molar-refractivity contribution in [2.45, 2.75) is 58.6 Å². The van der Waals surface area contributed by atoms with Gasteiger partial charge in [0, 0.05) is 23.9 Å². The molecule has 5 nitrogen and oxygen atoms in total. The summed E-state index contributed by atoms with van der Waals surface area (Å²) >= 11 is 0. The highest BCUT2D eigenvalue weighted by Gasteiger charge is 2.27.